The van der Waals surface area contributed by atoms with Crippen LogP contribution in [0.3, 0.4) is 0 Å². The molecular weight excluding hydrogens is 426 g/mol. The molecule has 3 atom stereocenters. The summed E-state index contributed by atoms with van der Waals surface area (Å²) in [6, 6.07) is 14.1. The molecule has 4 rings (SSSR count). The van der Waals surface area contributed by atoms with E-state index in [9.17, 15) is 13.2 Å². The number of benzene rings is 2. The first kappa shape index (κ1) is 23.2. The Balaban J connectivity index is 1.60. The van der Waals surface area contributed by atoms with Crippen molar-refractivity contribution in [3.05, 3.63) is 48.0 Å². The zero-order valence-electron chi connectivity index (χ0n) is 18.9. The maximum atomic E-state index is 13.0. The van der Waals surface area contributed by atoms with Crippen LogP contribution in [0, 0.1) is 0 Å². The molecule has 0 bridgehead atoms. The highest BCUT2D eigenvalue weighted by Gasteiger charge is 2.35. The molecule has 2 aliphatic rings. The number of hydrogen-bond donors (Lipinski definition) is 1. The van der Waals surface area contributed by atoms with Crippen LogP contribution in [-0.4, -0.2) is 80.9 Å². The van der Waals surface area contributed by atoms with E-state index in [1.807, 2.05) is 61.5 Å². The molecule has 2 saturated heterocycles. The lowest BCUT2D eigenvalue weighted by atomic mass is 9.91. The van der Waals surface area contributed by atoms with Crippen LogP contribution < -0.4 is 0 Å². The van der Waals surface area contributed by atoms with Gasteiger partial charge in [0.15, 0.2) is 0 Å². The summed E-state index contributed by atoms with van der Waals surface area (Å²) >= 11 is 0. The van der Waals surface area contributed by atoms with Gasteiger partial charge in [-0.05, 0) is 49.7 Å². The summed E-state index contributed by atoms with van der Waals surface area (Å²) in [5.74, 6) is -0.0338. The SMILES string of the molecule is CN(C)C1CCN(C(=O)COC(c2cccc3ccccc23)C2CCCCN2[SH](=O)=O)C1. The molecule has 0 saturated carbocycles. The summed E-state index contributed by atoms with van der Waals surface area (Å²) in [5.41, 5.74) is 0.942. The molecule has 8 heteroatoms. The van der Waals surface area contributed by atoms with Crippen LogP contribution in [0.2, 0.25) is 0 Å². The number of rotatable bonds is 7. The quantitative estimate of drug-likeness (QED) is 0.644. The Kier molecular flexibility index (Phi) is 7.45. The van der Waals surface area contributed by atoms with Crippen LogP contribution in [0.1, 0.15) is 37.4 Å². The van der Waals surface area contributed by atoms with Crippen molar-refractivity contribution in [3.63, 3.8) is 0 Å². The summed E-state index contributed by atoms with van der Waals surface area (Å²) in [7, 11) is 1.35. The second kappa shape index (κ2) is 10.3. The number of piperidine rings is 1. The minimum atomic E-state index is -2.72. The Hall–Kier alpha value is -2.00. The zero-order chi connectivity index (χ0) is 22.7. The lowest BCUT2D eigenvalue weighted by Gasteiger charge is -2.37. The lowest BCUT2D eigenvalue weighted by molar-refractivity contribution is -0.138. The molecule has 2 heterocycles. The van der Waals surface area contributed by atoms with Crippen molar-refractivity contribution in [1.82, 2.24) is 14.1 Å². The molecule has 0 radical (unpaired) electrons. The average molecular weight is 460 g/mol. The molecule has 0 aliphatic carbocycles. The van der Waals surface area contributed by atoms with Gasteiger partial charge >= 0.3 is 0 Å². The van der Waals surface area contributed by atoms with Gasteiger partial charge in [0.25, 0.3) is 0 Å². The fraction of sp³-hybridized carbons (Fsp3) is 0.542. The first-order valence-corrected chi connectivity index (χ1v) is 12.5. The molecule has 2 aromatic carbocycles. The Labute approximate surface area is 192 Å². The van der Waals surface area contributed by atoms with Gasteiger partial charge in [0.05, 0.1) is 6.04 Å². The maximum absolute atomic E-state index is 13.0. The van der Waals surface area contributed by atoms with Gasteiger partial charge in [-0.25, -0.2) is 8.42 Å². The lowest BCUT2D eigenvalue weighted by Crippen LogP contribution is -2.44. The minimum Gasteiger partial charge on any atom is -0.362 e. The Morgan fingerprint density at radius 2 is 1.88 bits per heavy atom. The first-order valence-electron chi connectivity index (χ1n) is 11.4. The Morgan fingerprint density at radius 1 is 1.09 bits per heavy atom. The number of carbonyl (C=O) groups is 1. The fourth-order valence-electron chi connectivity index (χ4n) is 5.00. The number of ether oxygens (including phenoxy) is 1. The number of hydrogen-bond acceptors (Lipinski definition) is 5. The molecular formula is C24H33N3O4S. The maximum Gasteiger partial charge on any atom is 0.248 e. The van der Waals surface area contributed by atoms with Crippen molar-refractivity contribution in [1.29, 1.82) is 0 Å². The van der Waals surface area contributed by atoms with Gasteiger partial charge in [-0.2, -0.15) is 4.31 Å². The van der Waals surface area contributed by atoms with Gasteiger partial charge < -0.3 is 14.5 Å². The Bertz CT molecular complexity index is 1010. The molecule has 1 amide bonds. The van der Waals surface area contributed by atoms with Crippen LogP contribution >= 0.6 is 0 Å². The molecule has 7 nitrogen and oxygen atoms in total. The van der Waals surface area contributed by atoms with Crippen LogP contribution in [-0.2, 0) is 20.4 Å². The molecule has 2 aromatic rings. The van der Waals surface area contributed by atoms with E-state index in [-0.39, 0.29) is 18.6 Å². The third-order valence-corrected chi connectivity index (χ3v) is 7.76. The van der Waals surface area contributed by atoms with Gasteiger partial charge in [0, 0.05) is 25.7 Å². The highest BCUT2D eigenvalue weighted by atomic mass is 32.2. The highest BCUT2D eigenvalue weighted by Crippen LogP contribution is 2.35. The van der Waals surface area contributed by atoms with E-state index in [2.05, 4.69) is 4.90 Å². The number of amides is 1. The molecule has 3 unspecified atom stereocenters. The van der Waals surface area contributed by atoms with E-state index in [1.54, 1.807) is 0 Å². The summed E-state index contributed by atoms with van der Waals surface area (Å²) in [5, 5.41) is 2.11. The zero-order valence-corrected chi connectivity index (χ0v) is 19.7. The summed E-state index contributed by atoms with van der Waals surface area (Å²) in [6.45, 7) is 1.88. The smallest absolute Gasteiger partial charge is 0.248 e. The normalized spacial score (nSPS) is 23.3. The van der Waals surface area contributed by atoms with Crippen molar-refractivity contribution < 1.29 is 17.9 Å². The second-order valence-corrected chi connectivity index (χ2v) is 10.00. The number of likely N-dealkylation sites (N-methyl/N-ethyl adjacent to an activating group) is 1. The molecule has 2 fully saturated rings. The number of carbonyl (C=O) groups excluding carboxylic acids is 1. The van der Waals surface area contributed by atoms with Crippen LogP contribution in [0.5, 0.6) is 0 Å². The average Bonchev–Trinajstić information content (AvgIpc) is 3.30. The van der Waals surface area contributed by atoms with Gasteiger partial charge in [-0.1, -0.05) is 48.9 Å². The van der Waals surface area contributed by atoms with Crippen LogP contribution in [0.15, 0.2) is 42.5 Å². The number of likely N-dealkylation sites (tertiary alicyclic amines) is 1. The van der Waals surface area contributed by atoms with Crippen molar-refractivity contribution in [2.24, 2.45) is 0 Å². The van der Waals surface area contributed by atoms with Crippen molar-refractivity contribution in [3.8, 4) is 0 Å². The fourth-order valence-corrected chi connectivity index (χ4v) is 5.78. The van der Waals surface area contributed by atoms with Crippen molar-refractivity contribution in [2.45, 2.75) is 43.9 Å². The molecule has 0 spiro atoms. The van der Waals surface area contributed by atoms with E-state index < -0.39 is 17.0 Å². The van der Waals surface area contributed by atoms with Crippen molar-refractivity contribution >= 4 is 27.6 Å². The van der Waals surface area contributed by atoms with Gasteiger partial charge in [0.1, 0.15) is 12.7 Å². The number of thiol groups is 1. The summed E-state index contributed by atoms with van der Waals surface area (Å²) < 4.78 is 31.9. The summed E-state index contributed by atoms with van der Waals surface area (Å²) in [6.07, 6.45) is 2.97. The van der Waals surface area contributed by atoms with Gasteiger partial charge in [-0.3, -0.25) is 4.79 Å². The molecule has 32 heavy (non-hydrogen) atoms. The molecule has 0 aromatic heterocycles. The largest absolute Gasteiger partial charge is 0.362 e. The van der Waals surface area contributed by atoms with Gasteiger partial charge in [-0.15, -0.1) is 0 Å². The van der Waals surface area contributed by atoms with Crippen LogP contribution in [0.25, 0.3) is 10.8 Å². The van der Waals surface area contributed by atoms with E-state index in [0.29, 0.717) is 19.1 Å². The third-order valence-electron chi connectivity index (χ3n) is 6.84. The van der Waals surface area contributed by atoms with E-state index in [4.69, 9.17) is 4.74 Å². The van der Waals surface area contributed by atoms with Crippen molar-refractivity contribution in [2.75, 3.05) is 40.3 Å². The first-order chi connectivity index (χ1) is 15.5. The van der Waals surface area contributed by atoms with E-state index in [1.165, 1.54) is 4.31 Å². The number of nitrogens with zero attached hydrogens (tertiary/aromatic N) is 3. The predicted octanol–water partition coefficient (Wildman–Crippen LogP) is 2.44. The minimum absolute atomic E-state index is 0.0338. The third kappa shape index (κ3) is 4.98. The number of fused-ring (bicyclic) bond motifs is 1. The summed E-state index contributed by atoms with van der Waals surface area (Å²) in [4.78, 5) is 17.0. The van der Waals surface area contributed by atoms with E-state index >= 15 is 0 Å². The van der Waals surface area contributed by atoms with Crippen LogP contribution in [0.4, 0.5) is 0 Å². The molecule has 174 valence electrons. The van der Waals surface area contributed by atoms with Gasteiger partial charge in [0.2, 0.25) is 16.8 Å². The molecule has 2 aliphatic heterocycles. The monoisotopic (exact) mass is 459 g/mol. The predicted molar refractivity (Wildman–Crippen MR) is 126 cm³/mol. The molecule has 0 N–H and O–H groups in total. The Morgan fingerprint density at radius 3 is 2.62 bits per heavy atom. The highest BCUT2D eigenvalue weighted by molar-refractivity contribution is 7.69. The topological polar surface area (TPSA) is 70.2 Å². The van der Waals surface area contributed by atoms with E-state index in [0.717, 1.165) is 48.6 Å². The standard InChI is InChI=1S/C24H33N3O4S/c1-25(2)19-13-15-26(16-19)23(28)17-31-24(22-12-5-6-14-27(22)32(29)30)21-11-7-9-18-8-3-4-10-20(18)21/h3-4,7-11,19,22,24,32H,5-6,12-17H2,1-2H3. The second-order valence-electron chi connectivity index (χ2n) is 9.01.